The van der Waals surface area contributed by atoms with Gasteiger partial charge in [-0.15, -0.1) is 0 Å². The first-order chi connectivity index (χ1) is 21.5. The van der Waals surface area contributed by atoms with Crippen molar-refractivity contribution in [2.45, 2.75) is 51.6 Å². The fraction of sp³-hybridized carbons (Fsp3) is 0.400. The molecule has 2 aliphatic rings. The summed E-state index contributed by atoms with van der Waals surface area (Å²) >= 11 is 0. The standard InChI is InChI=1S/C35H40N6O3/c1-3-30(42)21-25-5-7-27(8-6-25)24-39-15-13-29(14-16-39)41-35-32(23-36-41)34(40-17-19-44-20-18-40)37-33(38-35)28-11-9-26(10-12-28)22-31(43)4-2/h3,5-12,23,29H,1,4,13-22,24H2,2H3. The molecule has 0 spiro atoms. The molecule has 9 nitrogen and oxygen atoms in total. The summed E-state index contributed by atoms with van der Waals surface area (Å²) in [5.41, 5.74) is 5.07. The minimum atomic E-state index is 0.0402. The lowest BCUT2D eigenvalue weighted by Gasteiger charge is -2.32. The van der Waals surface area contributed by atoms with Gasteiger partial charge in [0, 0.05) is 57.5 Å². The van der Waals surface area contributed by atoms with Crippen molar-refractivity contribution in [1.29, 1.82) is 0 Å². The van der Waals surface area contributed by atoms with Gasteiger partial charge in [0.15, 0.2) is 17.3 Å². The highest BCUT2D eigenvalue weighted by Crippen LogP contribution is 2.32. The highest BCUT2D eigenvalue weighted by Gasteiger charge is 2.26. The van der Waals surface area contributed by atoms with Gasteiger partial charge in [0.25, 0.3) is 0 Å². The van der Waals surface area contributed by atoms with Crippen molar-refractivity contribution >= 4 is 28.4 Å². The van der Waals surface area contributed by atoms with E-state index in [0.717, 1.165) is 79.1 Å². The van der Waals surface area contributed by atoms with Crippen molar-refractivity contribution in [3.8, 4) is 11.4 Å². The van der Waals surface area contributed by atoms with E-state index in [-0.39, 0.29) is 17.6 Å². The zero-order chi connectivity index (χ0) is 30.5. The molecule has 0 amide bonds. The predicted molar refractivity (Wildman–Crippen MR) is 172 cm³/mol. The van der Waals surface area contributed by atoms with Crippen molar-refractivity contribution < 1.29 is 14.3 Å². The van der Waals surface area contributed by atoms with Crippen LogP contribution in [0.5, 0.6) is 0 Å². The molecule has 4 aromatic rings. The number of Topliss-reactive ketones (excluding diaryl/α,β-unsaturated/α-hetero) is 1. The Bertz CT molecular complexity index is 1610. The van der Waals surface area contributed by atoms with Crippen LogP contribution in [0.25, 0.3) is 22.4 Å². The van der Waals surface area contributed by atoms with E-state index < -0.39 is 0 Å². The second-order valence-corrected chi connectivity index (χ2v) is 11.7. The fourth-order valence-electron chi connectivity index (χ4n) is 6.06. The van der Waals surface area contributed by atoms with E-state index in [1.165, 1.54) is 11.6 Å². The number of morpholine rings is 1. The summed E-state index contributed by atoms with van der Waals surface area (Å²) in [4.78, 5) is 38.5. The number of fused-ring (bicyclic) bond motifs is 1. The first kappa shape index (κ1) is 29.8. The van der Waals surface area contributed by atoms with Gasteiger partial charge in [-0.3, -0.25) is 14.5 Å². The van der Waals surface area contributed by atoms with Crippen molar-refractivity contribution in [1.82, 2.24) is 24.6 Å². The van der Waals surface area contributed by atoms with Gasteiger partial charge in [-0.05, 0) is 35.6 Å². The minimum absolute atomic E-state index is 0.0402. The van der Waals surface area contributed by atoms with Gasteiger partial charge in [0.2, 0.25) is 0 Å². The molecule has 0 bridgehead atoms. The third kappa shape index (κ3) is 6.79. The molecule has 228 valence electrons. The Kier molecular flexibility index (Phi) is 9.23. The highest BCUT2D eigenvalue weighted by atomic mass is 16.5. The summed E-state index contributed by atoms with van der Waals surface area (Å²) < 4.78 is 7.74. The molecule has 9 heteroatoms. The Morgan fingerprint density at radius 1 is 0.909 bits per heavy atom. The Hall–Kier alpha value is -4.21. The quantitative estimate of drug-likeness (QED) is 0.225. The molecule has 0 N–H and O–H groups in total. The van der Waals surface area contributed by atoms with Crippen molar-refractivity contribution in [2.75, 3.05) is 44.3 Å². The Morgan fingerprint density at radius 3 is 2.25 bits per heavy atom. The lowest BCUT2D eigenvalue weighted by atomic mass is 10.0. The summed E-state index contributed by atoms with van der Waals surface area (Å²) in [6.45, 7) is 11.2. The van der Waals surface area contributed by atoms with Crippen LogP contribution in [0, 0.1) is 0 Å². The minimum Gasteiger partial charge on any atom is -0.378 e. The van der Waals surface area contributed by atoms with E-state index in [1.807, 2.05) is 49.5 Å². The average molecular weight is 593 g/mol. The number of rotatable bonds is 11. The number of likely N-dealkylation sites (tertiary alicyclic amines) is 1. The molecule has 2 aliphatic heterocycles. The number of ketones is 2. The lowest BCUT2D eigenvalue weighted by molar-refractivity contribution is -0.118. The summed E-state index contributed by atoms with van der Waals surface area (Å²) in [5.74, 6) is 1.85. The number of carbonyl (C=O) groups excluding carboxylic acids is 2. The third-order valence-corrected chi connectivity index (χ3v) is 8.69. The Balaban J connectivity index is 1.21. The highest BCUT2D eigenvalue weighted by molar-refractivity contribution is 5.91. The van der Waals surface area contributed by atoms with E-state index in [0.29, 0.717) is 38.3 Å². The van der Waals surface area contributed by atoms with E-state index in [9.17, 15) is 9.59 Å². The van der Waals surface area contributed by atoms with Crippen LogP contribution in [0.3, 0.4) is 0 Å². The number of allylic oxidation sites excluding steroid dienone is 1. The number of hydrogen-bond donors (Lipinski definition) is 0. The molecular weight excluding hydrogens is 552 g/mol. The number of benzene rings is 2. The molecule has 0 saturated carbocycles. The molecule has 0 unspecified atom stereocenters. The number of piperidine rings is 1. The molecule has 0 radical (unpaired) electrons. The first-order valence-electron chi connectivity index (χ1n) is 15.6. The molecule has 4 heterocycles. The topological polar surface area (TPSA) is 93.5 Å². The molecule has 2 saturated heterocycles. The molecule has 2 aromatic heterocycles. The third-order valence-electron chi connectivity index (χ3n) is 8.69. The van der Waals surface area contributed by atoms with Crippen LogP contribution in [0.4, 0.5) is 5.82 Å². The monoisotopic (exact) mass is 592 g/mol. The van der Waals surface area contributed by atoms with Gasteiger partial charge < -0.3 is 9.64 Å². The molecule has 0 aliphatic carbocycles. The zero-order valence-corrected chi connectivity index (χ0v) is 25.5. The number of carbonyl (C=O) groups is 2. The maximum Gasteiger partial charge on any atom is 0.164 e. The van der Waals surface area contributed by atoms with Crippen molar-refractivity contribution in [3.63, 3.8) is 0 Å². The summed E-state index contributed by atoms with van der Waals surface area (Å²) in [6, 6.07) is 16.6. The molecule has 2 aromatic carbocycles. The number of aromatic nitrogens is 4. The van der Waals surface area contributed by atoms with Crippen LogP contribution in [0.1, 0.15) is 48.9 Å². The zero-order valence-electron chi connectivity index (χ0n) is 25.5. The van der Waals surface area contributed by atoms with Gasteiger partial charge in [-0.25, -0.2) is 14.6 Å². The summed E-state index contributed by atoms with van der Waals surface area (Å²) in [6.07, 6.45) is 6.66. The van der Waals surface area contributed by atoms with Gasteiger partial charge >= 0.3 is 0 Å². The Morgan fingerprint density at radius 2 is 1.57 bits per heavy atom. The van der Waals surface area contributed by atoms with Crippen LogP contribution in [0.15, 0.2) is 67.4 Å². The van der Waals surface area contributed by atoms with Crippen LogP contribution in [-0.2, 0) is 33.7 Å². The van der Waals surface area contributed by atoms with E-state index >= 15 is 0 Å². The van der Waals surface area contributed by atoms with E-state index in [2.05, 4.69) is 33.2 Å². The Labute approximate surface area is 258 Å². The van der Waals surface area contributed by atoms with Gasteiger partial charge in [-0.2, -0.15) is 5.10 Å². The van der Waals surface area contributed by atoms with Crippen molar-refractivity contribution in [3.05, 3.63) is 84.1 Å². The smallest absolute Gasteiger partial charge is 0.164 e. The van der Waals surface area contributed by atoms with Crippen LogP contribution < -0.4 is 4.90 Å². The molecular formula is C35H40N6O3. The summed E-state index contributed by atoms with van der Waals surface area (Å²) in [7, 11) is 0. The lowest BCUT2D eigenvalue weighted by Crippen LogP contribution is -2.37. The van der Waals surface area contributed by atoms with E-state index in [1.54, 1.807) is 0 Å². The van der Waals surface area contributed by atoms with Crippen LogP contribution in [-0.4, -0.2) is 75.6 Å². The fourth-order valence-corrected chi connectivity index (χ4v) is 6.06. The first-order valence-corrected chi connectivity index (χ1v) is 15.6. The number of nitrogens with zero attached hydrogens (tertiary/aromatic N) is 6. The van der Waals surface area contributed by atoms with Crippen molar-refractivity contribution in [2.24, 2.45) is 0 Å². The second kappa shape index (κ2) is 13.6. The summed E-state index contributed by atoms with van der Waals surface area (Å²) in [5, 5.41) is 5.85. The van der Waals surface area contributed by atoms with Crippen LogP contribution >= 0.6 is 0 Å². The van der Waals surface area contributed by atoms with Gasteiger partial charge in [0.1, 0.15) is 11.6 Å². The SMILES string of the molecule is C=CC(=O)Cc1ccc(CN2CCC(n3ncc4c(N5CCOCC5)nc(-c5ccc(CC(=O)CC)cc5)nc43)CC2)cc1. The maximum atomic E-state index is 12.0. The molecule has 44 heavy (non-hydrogen) atoms. The molecule has 2 fully saturated rings. The van der Waals surface area contributed by atoms with Crippen LogP contribution in [0.2, 0.25) is 0 Å². The largest absolute Gasteiger partial charge is 0.378 e. The number of hydrogen-bond acceptors (Lipinski definition) is 8. The maximum absolute atomic E-state index is 12.0. The van der Waals surface area contributed by atoms with Gasteiger partial charge in [0.05, 0.1) is 30.8 Å². The second-order valence-electron chi connectivity index (χ2n) is 11.7. The number of ether oxygens (including phenoxy) is 1. The molecule has 6 rings (SSSR count). The molecule has 0 atom stereocenters. The van der Waals surface area contributed by atoms with Gasteiger partial charge in [-0.1, -0.05) is 62.0 Å². The normalized spacial score (nSPS) is 16.3. The van der Waals surface area contributed by atoms with E-state index in [4.69, 9.17) is 19.8 Å². The number of anilines is 1. The predicted octanol–water partition coefficient (Wildman–Crippen LogP) is 4.99. The average Bonchev–Trinajstić information content (AvgIpc) is 3.50.